The normalized spacial score (nSPS) is 12.4. The van der Waals surface area contributed by atoms with Crippen LogP contribution in [0.1, 0.15) is 61.7 Å². The second-order valence-corrected chi connectivity index (χ2v) is 8.45. The number of rotatable bonds is 12. The van der Waals surface area contributed by atoms with Gasteiger partial charge in [0.2, 0.25) is 0 Å². The number of nitrogens with zero attached hydrogens (tertiary/aromatic N) is 5. The molecule has 1 atom stereocenters. The van der Waals surface area contributed by atoms with Crippen LogP contribution in [0.3, 0.4) is 0 Å². The van der Waals surface area contributed by atoms with Crippen LogP contribution in [0, 0.1) is 13.8 Å². The van der Waals surface area contributed by atoms with E-state index in [1.807, 2.05) is 32.0 Å². The van der Waals surface area contributed by atoms with E-state index in [0.717, 1.165) is 34.9 Å². The van der Waals surface area contributed by atoms with Crippen LogP contribution in [0.4, 0.5) is 0 Å². The number of hydrogen-bond donors (Lipinski definition) is 2. The summed E-state index contributed by atoms with van der Waals surface area (Å²) in [5.41, 5.74) is 3.51. The molecule has 2 aromatic heterocycles. The Morgan fingerprint density at radius 2 is 2.09 bits per heavy atom. The summed E-state index contributed by atoms with van der Waals surface area (Å²) in [7, 11) is 0. The molecule has 0 aliphatic heterocycles. The summed E-state index contributed by atoms with van der Waals surface area (Å²) in [6.45, 7) is 8.95. The molecule has 0 spiro atoms. The highest BCUT2D eigenvalue weighted by Crippen LogP contribution is 2.27. The number of aliphatic hydroxyl groups excluding tert-OH is 1. The zero-order chi connectivity index (χ0) is 24.7. The number of aliphatic hydroxyl groups is 1. The van der Waals surface area contributed by atoms with Crippen molar-refractivity contribution in [3.8, 4) is 0 Å². The molecule has 3 rings (SSSR count). The Balaban J connectivity index is 1.97. The molecule has 0 amide bonds. The summed E-state index contributed by atoms with van der Waals surface area (Å²) >= 11 is 0. The van der Waals surface area contributed by atoms with Crippen LogP contribution < -0.4 is 5.56 Å². The van der Waals surface area contributed by atoms with Crippen molar-refractivity contribution in [2.75, 3.05) is 19.8 Å². The number of aryl methyl sites for hydroxylation is 2. The van der Waals surface area contributed by atoms with Gasteiger partial charge in [0.05, 0.1) is 18.2 Å². The molecule has 0 saturated heterocycles. The molecule has 3 aromatic rings. The number of fused-ring (bicyclic) bond motifs is 1. The predicted octanol–water partition coefficient (Wildman–Crippen LogP) is 2.42. The fraction of sp³-hybridized carbons (Fsp3) is 0.542. The van der Waals surface area contributed by atoms with Gasteiger partial charge in [-0.15, -0.1) is 5.10 Å². The molecule has 0 radical (unpaired) electrons. The Hall–Kier alpha value is -3.11. The van der Waals surface area contributed by atoms with Crippen molar-refractivity contribution in [3.63, 3.8) is 0 Å². The lowest BCUT2D eigenvalue weighted by Crippen LogP contribution is -2.34. The number of aromatic nitrogens is 5. The number of nitrogens with one attached hydrogen (secondary N) is 1. The average molecular weight is 471 g/mol. The second kappa shape index (κ2) is 11.8. The van der Waals surface area contributed by atoms with Crippen molar-refractivity contribution in [1.29, 1.82) is 0 Å². The van der Waals surface area contributed by atoms with E-state index in [1.54, 1.807) is 6.92 Å². The minimum absolute atomic E-state index is 0.0235. The first-order valence-corrected chi connectivity index (χ1v) is 11.8. The summed E-state index contributed by atoms with van der Waals surface area (Å²) in [6, 6.07) is 5.75. The number of esters is 1. The summed E-state index contributed by atoms with van der Waals surface area (Å²) in [6.07, 6.45) is 2.10. The third-order valence-corrected chi connectivity index (χ3v) is 6.05. The number of benzene rings is 1. The molecule has 2 heterocycles. The lowest BCUT2D eigenvalue weighted by molar-refractivity contribution is -0.144. The number of aromatic amines is 1. The molecule has 10 heteroatoms. The van der Waals surface area contributed by atoms with Gasteiger partial charge in [0.15, 0.2) is 5.82 Å². The van der Waals surface area contributed by atoms with Crippen molar-refractivity contribution in [2.45, 2.75) is 66.1 Å². The minimum atomic E-state index is -0.412. The van der Waals surface area contributed by atoms with Gasteiger partial charge in [0, 0.05) is 25.3 Å². The number of tetrazole rings is 1. The van der Waals surface area contributed by atoms with Crippen molar-refractivity contribution in [2.24, 2.45) is 0 Å². The van der Waals surface area contributed by atoms with Crippen molar-refractivity contribution in [3.05, 3.63) is 51.1 Å². The van der Waals surface area contributed by atoms with Gasteiger partial charge < -0.3 is 14.8 Å². The molecule has 2 N–H and O–H groups in total. The predicted molar refractivity (Wildman–Crippen MR) is 128 cm³/mol. The standard InChI is InChI=1S/C24H34N6O4/c1-5-8-20(23-26-27-28-30(23)15-21(32)34-6-2)29(11-7-12-31)14-19-13-18-10-9-16(3)17(4)22(18)25-24(19)33/h9-10,13,20,31H,5-8,11-12,14-15H2,1-4H3,(H,25,33)/t20-/m1/s1. The van der Waals surface area contributed by atoms with Crippen LogP contribution >= 0.6 is 0 Å². The second-order valence-electron chi connectivity index (χ2n) is 8.45. The van der Waals surface area contributed by atoms with Crippen LogP contribution in [-0.2, 0) is 22.6 Å². The van der Waals surface area contributed by atoms with Crippen LogP contribution in [-0.4, -0.2) is 60.9 Å². The van der Waals surface area contributed by atoms with Gasteiger partial charge in [-0.05, 0) is 66.6 Å². The van der Waals surface area contributed by atoms with Gasteiger partial charge in [0.25, 0.3) is 5.56 Å². The average Bonchev–Trinajstić information content (AvgIpc) is 3.26. The Labute approximate surface area is 198 Å². The number of pyridine rings is 1. The zero-order valence-corrected chi connectivity index (χ0v) is 20.4. The molecule has 184 valence electrons. The van der Waals surface area contributed by atoms with Crippen LogP contribution in [0.5, 0.6) is 0 Å². The van der Waals surface area contributed by atoms with E-state index >= 15 is 0 Å². The van der Waals surface area contributed by atoms with Gasteiger partial charge in [-0.3, -0.25) is 14.5 Å². The first-order valence-electron chi connectivity index (χ1n) is 11.8. The van der Waals surface area contributed by atoms with Crippen LogP contribution in [0.15, 0.2) is 23.0 Å². The van der Waals surface area contributed by atoms with E-state index in [1.165, 1.54) is 4.68 Å². The Bertz CT molecular complexity index is 1170. The molecular weight excluding hydrogens is 436 g/mol. The number of carbonyl (C=O) groups excluding carboxylic acids is 1. The molecule has 0 aliphatic carbocycles. The first-order chi connectivity index (χ1) is 16.4. The Kier molecular flexibility index (Phi) is 8.89. The Morgan fingerprint density at radius 1 is 1.29 bits per heavy atom. The maximum Gasteiger partial charge on any atom is 0.327 e. The topological polar surface area (TPSA) is 126 Å². The molecular formula is C24H34N6O4. The fourth-order valence-electron chi connectivity index (χ4n) is 4.17. The van der Waals surface area contributed by atoms with E-state index in [9.17, 15) is 14.7 Å². The molecule has 0 unspecified atom stereocenters. The van der Waals surface area contributed by atoms with Gasteiger partial charge in [0.1, 0.15) is 6.54 Å². The monoisotopic (exact) mass is 470 g/mol. The van der Waals surface area contributed by atoms with E-state index in [2.05, 4.69) is 32.3 Å². The highest BCUT2D eigenvalue weighted by molar-refractivity contribution is 5.83. The lowest BCUT2D eigenvalue weighted by Gasteiger charge is -2.30. The van der Waals surface area contributed by atoms with Crippen LogP contribution in [0.2, 0.25) is 0 Å². The first kappa shape index (κ1) is 25.5. The third kappa shape index (κ3) is 5.87. The third-order valence-electron chi connectivity index (χ3n) is 6.05. The van der Waals surface area contributed by atoms with Crippen molar-refractivity contribution >= 4 is 16.9 Å². The fourth-order valence-corrected chi connectivity index (χ4v) is 4.17. The summed E-state index contributed by atoms with van der Waals surface area (Å²) in [4.78, 5) is 30.2. The van der Waals surface area contributed by atoms with Gasteiger partial charge in [-0.1, -0.05) is 25.5 Å². The molecule has 10 nitrogen and oxygen atoms in total. The van der Waals surface area contributed by atoms with Gasteiger partial charge in [-0.25, -0.2) is 4.68 Å². The number of H-pyrrole nitrogens is 1. The highest BCUT2D eigenvalue weighted by Gasteiger charge is 2.27. The molecule has 0 aliphatic rings. The molecule has 34 heavy (non-hydrogen) atoms. The molecule has 0 saturated carbocycles. The van der Waals surface area contributed by atoms with Gasteiger partial charge >= 0.3 is 5.97 Å². The maximum absolute atomic E-state index is 13.0. The smallest absolute Gasteiger partial charge is 0.327 e. The van der Waals surface area contributed by atoms with E-state index in [0.29, 0.717) is 30.9 Å². The summed E-state index contributed by atoms with van der Waals surface area (Å²) in [5.74, 6) is 0.126. The van der Waals surface area contributed by atoms with E-state index in [4.69, 9.17) is 4.74 Å². The van der Waals surface area contributed by atoms with Crippen LogP contribution in [0.25, 0.3) is 10.9 Å². The Morgan fingerprint density at radius 3 is 2.79 bits per heavy atom. The number of carbonyl (C=O) groups is 1. The maximum atomic E-state index is 13.0. The minimum Gasteiger partial charge on any atom is -0.465 e. The molecule has 0 fully saturated rings. The summed E-state index contributed by atoms with van der Waals surface area (Å²) < 4.78 is 6.52. The van der Waals surface area contributed by atoms with E-state index < -0.39 is 5.97 Å². The molecule has 0 bridgehead atoms. The summed E-state index contributed by atoms with van der Waals surface area (Å²) in [5, 5.41) is 22.5. The number of hydrogen-bond acceptors (Lipinski definition) is 8. The molecule has 1 aromatic carbocycles. The quantitative estimate of drug-likeness (QED) is 0.387. The number of ether oxygens (including phenoxy) is 1. The van der Waals surface area contributed by atoms with Crippen molar-refractivity contribution in [1.82, 2.24) is 30.1 Å². The SMILES string of the molecule is CCC[C@H](c1nnnn1CC(=O)OCC)N(CCCO)Cc1cc2ccc(C)c(C)c2[nH]c1=O. The highest BCUT2D eigenvalue weighted by atomic mass is 16.5. The van der Waals surface area contributed by atoms with Gasteiger partial charge in [-0.2, -0.15) is 0 Å². The largest absolute Gasteiger partial charge is 0.465 e. The zero-order valence-electron chi connectivity index (χ0n) is 20.4. The lowest BCUT2D eigenvalue weighted by atomic mass is 10.0. The van der Waals surface area contributed by atoms with Crippen molar-refractivity contribution < 1.29 is 14.6 Å². The van der Waals surface area contributed by atoms with E-state index in [-0.39, 0.29) is 31.4 Å².